The average Bonchev–Trinajstić information content (AvgIpc) is 2.36. The van der Waals surface area contributed by atoms with Crippen LogP contribution in [-0.2, 0) is 11.3 Å². The first kappa shape index (κ1) is 15.3. The van der Waals surface area contributed by atoms with E-state index in [0.717, 1.165) is 29.3 Å². The van der Waals surface area contributed by atoms with Gasteiger partial charge < -0.3 is 10.5 Å². The summed E-state index contributed by atoms with van der Waals surface area (Å²) in [6.45, 7) is 3.59. The number of rotatable bonds is 9. The van der Waals surface area contributed by atoms with E-state index in [2.05, 4.69) is 6.92 Å². The van der Waals surface area contributed by atoms with Gasteiger partial charge in [0.2, 0.25) is 0 Å². The Hall–Kier alpha value is -0.730. The molecule has 1 aromatic carbocycles. The van der Waals surface area contributed by atoms with Gasteiger partial charge in [0.05, 0.1) is 6.61 Å². The van der Waals surface area contributed by atoms with E-state index < -0.39 is 0 Å². The van der Waals surface area contributed by atoms with Gasteiger partial charge in [0.15, 0.2) is 0 Å². The molecule has 0 radical (unpaired) electrons. The van der Waals surface area contributed by atoms with Gasteiger partial charge in [-0.3, -0.25) is 0 Å². The van der Waals surface area contributed by atoms with E-state index in [9.17, 15) is 0 Å². The van der Waals surface area contributed by atoms with Crippen molar-refractivity contribution in [1.82, 2.24) is 0 Å². The highest BCUT2D eigenvalue weighted by molar-refractivity contribution is 6.31. The number of nitrogens with two attached hydrogens (primary N) is 1. The second kappa shape index (κ2) is 9.23. The van der Waals surface area contributed by atoms with E-state index in [4.69, 9.17) is 22.1 Å². The van der Waals surface area contributed by atoms with Gasteiger partial charge in [-0.15, -0.1) is 0 Å². The maximum absolute atomic E-state index is 6.06. The fourth-order valence-electron chi connectivity index (χ4n) is 1.87. The molecule has 0 aliphatic heterocycles. The van der Waals surface area contributed by atoms with Gasteiger partial charge in [-0.05, 0) is 30.2 Å². The van der Waals surface area contributed by atoms with E-state index >= 15 is 0 Å². The van der Waals surface area contributed by atoms with E-state index in [0.29, 0.717) is 6.61 Å². The zero-order chi connectivity index (χ0) is 13.2. The number of unbranched alkanes of at least 4 members (excludes halogenated alkanes) is 5. The Labute approximate surface area is 115 Å². The lowest BCUT2D eigenvalue weighted by molar-refractivity contribution is 0.117. The van der Waals surface area contributed by atoms with Crippen molar-refractivity contribution in [3.63, 3.8) is 0 Å². The molecule has 0 aromatic heterocycles. The molecule has 0 amide bonds. The van der Waals surface area contributed by atoms with Crippen LogP contribution in [-0.4, -0.2) is 6.61 Å². The Morgan fingerprint density at radius 1 is 1.11 bits per heavy atom. The number of hydrogen-bond donors (Lipinski definition) is 1. The topological polar surface area (TPSA) is 35.2 Å². The van der Waals surface area contributed by atoms with E-state index in [1.165, 1.54) is 32.1 Å². The van der Waals surface area contributed by atoms with Crippen LogP contribution in [0.1, 0.15) is 51.0 Å². The molecular weight excluding hydrogens is 246 g/mol. The van der Waals surface area contributed by atoms with Crippen LogP contribution in [0.2, 0.25) is 5.02 Å². The van der Waals surface area contributed by atoms with Crippen LogP contribution in [0, 0.1) is 0 Å². The summed E-state index contributed by atoms with van der Waals surface area (Å²) in [7, 11) is 0. The van der Waals surface area contributed by atoms with Crippen LogP contribution in [0.15, 0.2) is 18.2 Å². The molecule has 0 aliphatic rings. The summed E-state index contributed by atoms with van der Waals surface area (Å²) in [5, 5.41) is 0.729. The number of halogens is 1. The summed E-state index contributed by atoms with van der Waals surface area (Å²) in [5.74, 6) is 0. The second-order valence-electron chi connectivity index (χ2n) is 4.67. The van der Waals surface area contributed by atoms with Gasteiger partial charge >= 0.3 is 0 Å². The van der Waals surface area contributed by atoms with Crippen LogP contribution in [0.3, 0.4) is 0 Å². The van der Waals surface area contributed by atoms with Crippen molar-refractivity contribution in [1.29, 1.82) is 0 Å². The highest BCUT2D eigenvalue weighted by Crippen LogP contribution is 2.19. The molecule has 0 saturated carbocycles. The molecule has 0 bridgehead atoms. The lowest BCUT2D eigenvalue weighted by atomic mass is 10.1. The lowest BCUT2D eigenvalue weighted by Crippen LogP contribution is -1.97. The van der Waals surface area contributed by atoms with Crippen molar-refractivity contribution >= 4 is 17.3 Å². The summed E-state index contributed by atoms with van der Waals surface area (Å²) >= 11 is 6.06. The first-order chi connectivity index (χ1) is 8.74. The molecule has 2 nitrogen and oxygen atoms in total. The predicted molar refractivity (Wildman–Crippen MR) is 78.9 cm³/mol. The second-order valence-corrected chi connectivity index (χ2v) is 5.08. The summed E-state index contributed by atoms with van der Waals surface area (Å²) in [4.78, 5) is 0. The van der Waals surface area contributed by atoms with Gasteiger partial charge in [0, 0.05) is 17.3 Å². The first-order valence-electron chi connectivity index (χ1n) is 6.85. The molecule has 0 saturated heterocycles. The summed E-state index contributed by atoms with van der Waals surface area (Å²) in [5.41, 5.74) is 7.42. The maximum Gasteiger partial charge on any atom is 0.0732 e. The fourth-order valence-corrected chi connectivity index (χ4v) is 2.04. The molecular formula is C15H24ClNO. The quantitative estimate of drug-likeness (QED) is 0.516. The molecule has 3 heteroatoms. The van der Waals surface area contributed by atoms with Crippen molar-refractivity contribution in [2.45, 2.75) is 52.1 Å². The number of ether oxygens (including phenoxy) is 1. The maximum atomic E-state index is 6.06. The molecule has 0 unspecified atom stereocenters. The van der Waals surface area contributed by atoms with Crippen LogP contribution in [0.5, 0.6) is 0 Å². The SMILES string of the molecule is CCCCCCCCOCc1cc(N)ccc1Cl. The van der Waals surface area contributed by atoms with E-state index in [1.54, 1.807) is 6.07 Å². The van der Waals surface area contributed by atoms with Crippen molar-refractivity contribution in [3.05, 3.63) is 28.8 Å². The third-order valence-corrected chi connectivity index (χ3v) is 3.34. The number of anilines is 1. The fraction of sp³-hybridized carbons (Fsp3) is 0.600. The number of benzene rings is 1. The molecule has 1 aromatic rings. The Balaban J connectivity index is 2.09. The van der Waals surface area contributed by atoms with Crippen molar-refractivity contribution in [2.24, 2.45) is 0 Å². The number of hydrogen-bond acceptors (Lipinski definition) is 2. The average molecular weight is 270 g/mol. The molecule has 18 heavy (non-hydrogen) atoms. The molecule has 1 rings (SSSR count). The number of nitrogen functional groups attached to an aromatic ring is 1. The Bertz CT molecular complexity index is 341. The van der Waals surface area contributed by atoms with Gasteiger partial charge in [0.25, 0.3) is 0 Å². The molecule has 2 N–H and O–H groups in total. The van der Waals surface area contributed by atoms with Crippen LogP contribution < -0.4 is 5.73 Å². The molecule has 0 spiro atoms. The highest BCUT2D eigenvalue weighted by Gasteiger charge is 2.00. The normalized spacial score (nSPS) is 10.8. The third-order valence-electron chi connectivity index (χ3n) is 2.97. The first-order valence-corrected chi connectivity index (χ1v) is 7.23. The van der Waals surface area contributed by atoms with Gasteiger partial charge in [0.1, 0.15) is 0 Å². The van der Waals surface area contributed by atoms with Crippen LogP contribution in [0.25, 0.3) is 0 Å². The van der Waals surface area contributed by atoms with Crippen LogP contribution >= 0.6 is 11.6 Å². The van der Waals surface area contributed by atoms with Crippen molar-refractivity contribution in [3.8, 4) is 0 Å². The molecule has 0 fully saturated rings. The molecule has 0 aliphatic carbocycles. The Morgan fingerprint density at radius 2 is 1.83 bits per heavy atom. The summed E-state index contributed by atoms with van der Waals surface area (Å²) in [6.07, 6.45) is 7.69. The Morgan fingerprint density at radius 3 is 2.61 bits per heavy atom. The minimum Gasteiger partial charge on any atom is -0.399 e. The van der Waals surface area contributed by atoms with Crippen molar-refractivity contribution in [2.75, 3.05) is 12.3 Å². The Kier molecular flexibility index (Phi) is 7.86. The minimum atomic E-state index is 0.554. The smallest absolute Gasteiger partial charge is 0.0732 e. The monoisotopic (exact) mass is 269 g/mol. The summed E-state index contributed by atoms with van der Waals surface area (Å²) in [6, 6.07) is 5.50. The molecule has 0 heterocycles. The molecule has 102 valence electrons. The van der Waals surface area contributed by atoms with Crippen molar-refractivity contribution < 1.29 is 4.74 Å². The van der Waals surface area contributed by atoms with Gasteiger partial charge in [-0.25, -0.2) is 0 Å². The largest absolute Gasteiger partial charge is 0.399 e. The van der Waals surface area contributed by atoms with Gasteiger partial charge in [-0.2, -0.15) is 0 Å². The van der Waals surface area contributed by atoms with E-state index in [1.807, 2.05) is 12.1 Å². The molecule has 0 atom stereocenters. The zero-order valence-electron chi connectivity index (χ0n) is 11.3. The van der Waals surface area contributed by atoms with Gasteiger partial charge in [-0.1, -0.05) is 50.6 Å². The zero-order valence-corrected chi connectivity index (χ0v) is 12.0. The highest BCUT2D eigenvalue weighted by atomic mass is 35.5. The summed E-state index contributed by atoms with van der Waals surface area (Å²) < 4.78 is 5.62. The standard InChI is InChI=1S/C15H24ClNO/c1-2-3-4-5-6-7-10-18-12-13-11-14(17)8-9-15(13)16/h8-9,11H,2-7,10,12,17H2,1H3. The van der Waals surface area contributed by atoms with E-state index in [-0.39, 0.29) is 0 Å². The minimum absolute atomic E-state index is 0.554. The lowest BCUT2D eigenvalue weighted by Gasteiger charge is -2.07. The van der Waals surface area contributed by atoms with Crippen LogP contribution in [0.4, 0.5) is 5.69 Å². The predicted octanol–water partition coefficient (Wildman–Crippen LogP) is 4.80. The third kappa shape index (κ3) is 6.27.